The maximum Gasteiger partial charge on any atom is 0.270 e. The van der Waals surface area contributed by atoms with Gasteiger partial charge < -0.3 is 10.6 Å². The zero-order chi connectivity index (χ0) is 13.8. The Morgan fingerprint density at radius 2 is 2.17 bits per heavy atom. The van der Waals surface area contributed by atoms with E-state index in [-0.39, 0.29) is 17.4 Å². The summed E-state index contributed by atoms with van der Waals surface area (Å²) in [6.45, 7) is 1.64. The number of hydrogen-bond acceptors (Lipinski definition) is 5. The predicted octanol–water partition coefficient (Wildman–Crippen LogP) is 0.286. The molecule has 0 bridgehead atoms. The van der Waals surface area contributed by atoms with E-state index >= 15 is 0 Å². The zero-order valence-electron chi connectivity index (χ0n) is 10.6. The number of amides is 1. The third-order valence-corrected chi connectivity index (χ3v) is 3.32. The lowest BCUT2D eigenvalue weighted by Gasteiger charge is -2.12. The topological polar surface area (TPSA) is 88.2 Å². The first-order valence-corrected chi connectivity index (χ1v) is 7.50. The predicted molar refractivity (Wildman–Crippen MR) is 70.4 cm³/mol. The van der Waals surface area contributed by atoms with Crippen LogP contribution in [0.2, 0.25) is 0 Å². The van der Waals surface area contributed by atoms with E-state index in [0.29, 0.717) is 0 Å². The van der Waals surface area contributed by atoms with Crippen LogP contribution in [0.3, 0.4) is 0 Å². The molecule has 7 heteroatoms. The zero-order valence-corrected chi connectivity index (χ0v) is 11.4. The van der Waals surface area contributed by atoms with Gasteiger partial charge in [-0.2, -0.15) is 0 Å². The van der Waals surface area contributed by atoms with Crippen molar-refractivity contribution >= 4 is 21.4 Å². The number of rotatable bonds is 5. The lowest BCUT2D eigenvalue weighted by Crippen LogP contribution is -2.37. The third-order valence-electron chi connectivity index (χ3n) is 2.21. The van der Waals surface area contributed by atoms with Crippen LogP contribution in [0.4, 0.5) is 5.69 Å². The van der Waals surface area contributed by atoms with Gasteiger partial charge in [0.25, 0.3) is 5.91 Å². The molecule has 1 rings (SSSR count). The number of sulfone groups is 1. The second-order valence-electron chi connectivity index (χ2n) is 4.15. The van der Waals surface area contributed by atoms with Gasteiger partial charge in [0.05, 0.1) is 5.75 Å². The van der Waals surface area contributed by atoms with E-state index in [1.165, 1.54) is 6.20 Å². The minimum atomic E-state index is -3.11. The Morgan fingerprint density at radius 3 is 2.72 bits per heavy atom. The Kier molecular flexibility index (Phi) is 4.66. The van der Waals surface area contributed by atoms with E-state index in [0.717, 1.165) is 11.9 Å². The van der Waals surface area contributed by atoms with Gasteiger partial charge >= 0.3 is 0 Å². The average Bonchev–Trinajstić information content (AvgIpc) is 2.26. The van der Waals surface area contributed by atoms with E-state index in [1.807, 2.05) is 0 Å². The molecule has 0 aliphatic rings. The van der Waals surface area contributed by atoms with Crippen LogP contribution in [0.25, 0.3) is 0 Å². The van der Waals surface area contributed by atoms with E-state index in [4.69, 9.17) is 0 Å². The Morgan fingerprint density at radius 1 is 1.50 bits per heavy atom. The number of anilines is 1. The molecule has 0 saturated heterocycles. The fourth-order valence-corrected chi connectivity index (χ4v) is 2.50. The summed E-state index contributed by atoms with van der Waals surface area (Å²) in [5.74, 6) is -0.479. The summed E-state index contributed by atoms with van der Waals surface area (Å²) in [5.41, 5.74) is 1.02. The van der Waals surface area contributed by atoms with Crippen molar-refractivity contribution in [3.8, 4) is 0 Å². The molecule has 1 amide bonds. The minimum absolute atomic E-state index is 0.0928. The van der Waals surface area contributed by atoms with Gasteiger partial charge in [-0.3, -0.25) is 9.78 Å². The van der Waals surface area contributed by atoms with Gasteiger partial charge in [-0.1, -0.05) is 0 Å². The van der Waals surface area contributed by atoms with E-state index < -0.39 is 15.9 Å². The molecule has 18 heavy (non-hydrogen) atoms. The summed E-state index contributed by atoms with van der Waals surface area (Å²) in [6.07, 6.45) is 2.65. The molecular weight excluding hydrogens is 254 g/mol. The molecule has 1 unspecified atom stereocenters. The lowest BCUT2D eigenvalue weighted by atomic mass is 10.3. The fraction of sp³-hybridized carbons (Fsp3) is 0.455. The molecule has 0 fully saturated rings. The first-order valence-electron chi connectivity index (χ1n) is 5.44. The number of aromatic nitrogens is 1. The van der Waals surface area contributed by atoms with Crippen molar-refractivity contribution < 1.29 is 13.2 Å². The van der Waals surface area contributed by atoms with Crippen molar-refractivity contribution in [3.05, 3.63) is 24.0 Å². The van der Waals surface area contributed by atoms with Crippen LogP contribution in [0.5, 0.6) is 0 Å². The van der Waals surface area contributed by atoms with Crippen molar-refractivity contribution in [2.24, 2.45) is 0 Å². The molecule has 0 aliphatic carbocycles. The molecule has 6 nitrogen and oxygen atoms in total. The molecule has 1 aromatic rings. The number of nitrogens with zero attached hydrogens (tertiary/aromatic N) is 1. The summed E-state index contributed by atoms with van der Waals surface area (Å²) in [7, 11) is -1.37. The second kappa shape index (κ2) is 5.81. The van der Waals surface area contributed by atoms with Crippen LogP contribution < -0.4 is 10.6 Å². The van der Waals surface area contributed by atoms with Crippen LogP contribution >= 0.6 is 0 Å². The largest absolute Gasteiger partial charge is 0.388 e. The van der Waals surface area contributed by atoms with Crippen molar-refractivity contribution in [2.45, 2.75) is 13.0 Å². The summed E-state index contributed by atoms with van der Waals surface area (Å²) in [6, 6.07) is 2.88. The van der Waals surface area contributed by atoms with Crippen molar-refractivity contribution in [3.63, 3.8) is 0 Å². The maximum atomic E-state index is 11.8. The molecule has 0 aromatic carbocycles. The standard InChI is InChI=1S/C11H17N3O3S/c1-8(7-18(3,16)17)14-11(15)10-6-9(12-2)4-5-13-10/h4-6,8H,7H2,1-3H3,(H,12,13)(H,14,15). The van der Waals surface area contributed by atoms with Gasteiger partial charge in [-0.05, 0) is 19.1 Å². The highest BCUT2D eigenvalue weighted by molar-refractivity contribution is 7.90. The van der Waals surface area contributed by atoms with Gasteiger partial charge in [-0.15, -0.1) is 0 Å². The highest BCUT2D eigenvalue weighted by Gasteiger charge is 2.15. The summed E-state index contributed by atoms with van der Waals surface area (Å²) < 4.78 is 22.2. The molecule has 0 aliphatic heterocycles. The molecular formula is C11H17N3O3S. The number of pyridine rings is 1. The summed E-state index contributed by atoms with van der Waals surface area (Å²) in [5, 5.41) is 5.49. The van der Waals surface area contributed by atoms with Gasteiger partial charge in [0, 0.05) is 31.2 Å². The van der Waals surface area contributed by atoms with E-state index in [2.05, 4.69) is 15.6 Å². The Bertz CT molecular complexity index is 528. The molecule has 2 N–H and O–H groups in total. The smallest absolute Gasteiger partial charge is 0.270 e. The van der Waals surface area contributed by atoms with Crippen molar-refractivity contribution in [1.29, 1.82) is 0 Å². The normalized spacial score (nSPS) is 12.8. The molecule has 1 aromatic heterocycles. The highest BCUT2D eigenvalue weighted by Crippen LogP contribution is 2.06. The average molecular weight is 271 g/mol. The molecule has 100 valence electrons. The highest BCUT2D eigenvalue weighted by atomic mass is 32.2. The monoisotopic (exact) mass is 271 g/mol. The molecule has 1 heterocycles. The van der Waals surface area contributed by atoms with Gasteiger partial charge in [0.1, 0.15) is 15.5 Å². The van der Waals surface area contributed by atoms with Crippen LogP contribution in [0.15, 0.2) is 18.3 Å². The number of carbonyl (C=O) groups is 1. The Balaban J connectivity index is 2.70. The molecule has 0 radical (unpaired) electrons. The quantitative estimate of drug-likeness (QED) is 0.803. The SMILES string of the molecule is CNc1ccnc(C(=O)NC(C)CS(C)(=O)=O)c1. The van der Waals surface area contributed by atoms with Crippen molar-refractivity contribution in [1.82, 2.24) is 10.3 Å². The minimum Gasteiger partial charge on any atom is -0.388 e. The third kappa shape index (κ3) is 4.70. The summed E-state index contributed by atoms with van der Waals surface area (Å²) in [4.78, 5) is 15.7. The van der Waals surface area contributed by atoms with Crippen molar-refractivity contribution in [2.75, 3.05) is 24.4 Å². The Hall–Kier alpha value is -1.63. The van der Waals surface area contributed by atoms with Crippen LogP contribution in [-0.4, -0.2) is 44.4 Å². The van der Waals surface area contributed by atoms with E-state index in [1.54, 1.807) is 26.1 Å². The number of carbonyl (C=O) groups excluding carboxylic acids is 1. The molecule has 0 spiro atoms. The molecule has 1 atom stereocenters. The second-order valence-corrected chi connectivity index (χ2v) is 6.33. The number of hydrogen-bond donors (Lipinski definition) is 2. The van der Waals surface area contributed by atoms with Gasteiger partial charge in [0.2, 0.25) is 0 Å². The first-order chi connectivity index (χ1) is 8.31. The fourth-order valence-electron chi connectivity index (χ4n) is 1.50. The van der Waals surface area contributed by atoms with Crippen LogP contribution in [-0.2, 0) is 9.84 Å². The summed E-state index contributed by atoms with van der Waals surface area (Å²) >= 11 is 0. The van der Waals surface area contributed by atoms with Crippen LogP contribution in [0, 0.1) is 0 Å². The first kappa shape index (κ1) is 14.4. The number of nitrogens with one attached hydrogen (secondary N) is 2. The van der Waals surface area contributed by atoms with Gasteiger partial charge in [0.15, 0.2) is 0 Å². The maximum absolute atomic E-state index is 11.8. The van der Waals surface area contributed by atoms with E-state index in [9.17, 15) is 13.2 Å². The van der Waals surface area contributed by atoms with Gasteiger partial charge in [-0.25, -0.2) is 8.42 Å². The lowest BCUT2D eigenvalue weighted by molar-refractivity contribution is 0.0938. The van der Waals surface area contributed by atoms with Crippen LogP contribution in [0.1, 0.15) is 17.4 Å². The Labute approximate surface area is 107 Å². The molecule has 0 saturated carbocycles.